The molecule has 1 aromatic carbocycles. The summed E-state index contributed by atoms with van der Waals surface area (Å²) in [6.07, 6.45) is -0.177. The number of nitrogens with zero attached hydrogens (tertiary/aromatic N) is 1. The second-order valence-electron chi connectivity index (χ2n) is 3.95. The van der Waals surface area contributed by atoms with Crippen LogP contribution in [0.25, 0.3) is 0 Å². The summed E-state index contributed by atoms with van der Waals surface area (Å²) in [7, 11) is 1.72. The molecule has 0 bridgehead atoms. The van der Waals surface area contributed by atoms with Gasteiger partial charge in [-0.15, -0.1) is 0 Å². The van der Waals surface area contributed by atoms with E-state index in [0.717, 1.165) is 5.56 Å². The van der Waals surface area contributed by atoms with E-state index in [1.807, 2.05) is 44.2 Å². The molecular weight excluding hydrogens is 202 g/mol. The Labute approximate surface area is 96.7 Å². The topological polar surface area (TPSA) is 40.5 Å². The van der Waals surface area contributed by atoms with E-state index in [1.54, 1.807) is 11.9 Å². The highest BCUT2D eigenvalue weighted by molar-refractivity contribution is 5.75. The Balaban J connectivity index is 2.74. The zero-order valence-corrected chi connectivity index (χ0v) is 10.1. The first kappa shape index (κ1) is 12.7. The van der Waals surface area contributed by atoms with Crippen molar-refractivity contribution in [1.82, 2.24) is 4.90 Å². The Hall–Kier alpha value is -1.35. The Morgan fingerprint density at radius 2 is 1.94 bits per heavy atom. The summed E-state index contributed by atoms with van der Waals surface area (Å²) >= 11 is 0. The molecule has 1 N–H and O–H groups in total. The van der Waals surface area contributed by atoms with E-state index in [9.17, 15) is 9.90 Å². The summed E-state index contributed by atoms with van der Waals surface area (Å²) in [5.74, 6) is 0.0440. The fraction of sp³-hybridized carbons (Fsp3) is 0.462. The van der Waals surface area contributed by atoms with Crippen LogP contribution in [0.2, 0.25) is 0 Å². The van der Waals surface area contributed by atoms with Gasteiger partial charge in [-0.25, -0.2) is 0 Å². The Bertz CT molecular complexity index is 337. The smallest absolute Gasteiger partial charge is 0.222 e. The summed E-state index contributed by atoms with van der Waals surface area (Å²) in [5, 5.41) is 10.1. The van der Waals surface area contributed by atoms with E-state index in [-0.39, 0.29) is 11.9 Å². The van der Waals surface area contributed by atoms with Crippen molar-refractivity contribution < 1.29 is 9.90 Å². The maximum atomic E-state index is 11.5. The minimum Gasteiger partial charge on any atom is -0.386 e. The number of benzene rings is 1. The van der Waals surface area contributed by atoms with Crippen LogP contribution in [-0.2, 0) is 4.79 Å². The second-order valence-corrected chi connectivity index (χ2v) is 3.95. The quantitative estimate of drug-likeness (QED) is 0.844. The molecule has 16 heavy (non-hydrogen) atoms. The van der Waals surface area contributed by atoms with Gasteiger partial charge in [0.1, 0.15) is 0 Å². The second kappa shape index (κ2) is 5.66. The predicted molar refractivity (Wildman–Crippen MR) is 63.9 cm³/mol. The number of hydrogen-bond acceptors (Lipinski definition) is 2. The van der Waals surface area contributed by atoms with Crippen molar-refractivity contribution in [2.45, 2.75) is 32.4 Å². The molecular formula is C13H19NO2. The average Bonchev–Trinajstić information content (AvgIpc) is 2.36. The normalized spacial score (nSPS) is 14.2. The predicted octanol–water partition coefficient (Wildman–Crippen LogP) is 1.98. The maximum absolute atomic E-state index is 11.5. The summed E-state index contributed by atoms with van der Waals surface area (Å²) in [6, 6.07) is 9.19. The van der Waals surface area contributed by atoms with E-state index in [4.69, 9.17) is 0 Å². The van der Waals surface area contributed by atoms with Crippen LogP contribution in [0.15, 0.2) is 30.3 Å². The number of carbonyl (C=O) groups is 1. The van der Waals surface area contributed by atoms with Crippen LogP contribution >= 0.6 is 0 Å². The third-order valence-corrected chi connectivity index (χ3v) is 2.90. The molecule has 0 saturated heterocycles. The minimum atomic E-state index is -0.637. The minimum absolute atomic E-state index is 0.0440. The molecule has 0 saturated carbocycles. The van der Waals surface area contributed by atoms with Crippen molar-refractivity contribution in [3.05, 3.63) is 35.9 Å². The van der Waals surface area contributed by atoms with Gasteiger partial charge in [-0.1, -0.05) is 37.3 Å². The number of hydrogen-bond donors (Lipinski definition) is 1. The highest BCUT2D eigenvalue weighted by Crippen LogP contribution is 2.19. The van der Waals surface area contributed by atoms with Crippen LogP contribution in [0, 0.1) is 0 Å². The fourth-order valence-electron chi connectivity index (χ4n) is 1.62. The molecule has 1 amide bonds. The van der Waals surface area contributed by atoms with Crippen molar-refractivity contribution in [3.63, 3.8) is 0 Å². The molecule has 0 aliphatic heterocycles. The van der Waals surface area contributed by atoms with Gasteiger partial charge in [0.2, 0.25) is 5.91 Å². The van der Waals surface area contributed by atoms with Crippen LogP contribution in [0.5, 0.6) is 0 Å². The lowest BCUT2D eigenvalue weighted by Crippen LogP contribution is -2.38. The van der Waals surface area contributed by atoms with E-state index in [2.05, 4.69) is 0 Å². The Morgan fingerprint density at radius 1 is 1.38 bits per heavy atom. The number of aliphatic hydroxyl groups is 1. The Kier molecular flexibility index (Phi) is 4.50. The first-order valence-electron chi connectivity index (χ1n) is 5.56. The number of carbonyl (C=O) groups excluding carboxylic acids is 1. The molecule has 0 radical (unpaired) electrons. The summed E-state index contributed by atoms with van der Waals surface area (Å²) in [5.41, 5.74) is 0.839. The highest BCUT2D eigenvalue weighted by Gasteiger charge is 2.22. The van der Waals surface area contributed by atoms with Gasteiger partial charge in [0.05, 0.1) is 12.1 Å². The molecule has 0 fully saturated rings. The number of aliphatic hydroxyl groups excluding tert-OH is 1. The molecule has 0 spiro atoms. The molecule has 0 aliphatic carbocycles. The standard InChI is InChI=1S/C13H19NO2/c1-4-12(15)14(3)10(2)13(16)11-8-6-5-7-9-11/h5-10,13,16H,4H2,1-3H3/t10-,13+/m0/s1. The van der Waals surface area contributed by atoms with Gasteiger partial charge in [-0.2, -0.15) is 0 Å². The molecule has 0 aromatic heterocycles. The van der Waals surface area contributed by atoms with Gasteiger partial charge in [-0.05, 0) is 12.5 Å². The van der Waals surface area contributed by atoms with E-state index in [1.165, 1.54) is 0 Å². The van der Waals surface area contributed by atoms with Crippen molar-refractivity contribution in [2.75, 3.05) is 7.05 Å². The molecule has 0 aliphatic rings. The summed E-state index contributed by atoms with van der Waals surface area (Å²) < 4.78 is 0. The van der Waals surface area contributed by atoms with Crippen molar-refractivity contribution in [1.29, 1.82) is 0 Å². The largest absolute Gasteiger partial charge is 0.386 e. The van der Waals surface area contributed by atoms with Gasteiger partial charge in [-0.3, -0.25) is 4.79 Å². The number of rotatable bonds is 4. The number of likely N-dealkylation sites (N-methyl/N-ethyl adjacent to an activating group) is 1. The van der Waals surface area contributed by atoms with Gasteiger partial charge in [0, 0.05) is 13.5 Å². The lowest BCUT2D eigenvalue weighted by Gasteiger charge is -2.29. The van der Waals surface area contributed by atoms with Crippen LogP contribution in [0.1, 0.15) is 31.9 Å². The zero-order valence-electron chi connectivity index (χ0n) is 10.1. The molecule has 1 aromatic rings. The van der Waals surface area contributed by atoms with Crippen LogP contribution in [0.4, 0.5) is 0 Å². The van der Waals surface area contributed by atoms with Gasteiger partial charge in [0.15, 0.2) is 0 Å². The molecule has 88 valence electrons. The monoisotopic (exact) mass is 221 g/mol. The Morgan fingerprint density at radius 3 is 2.44 bits per heavy atom. The molecule has 0 unspecified atom stereocenters. The fourth-order valence-corrected chi connectivity index (χ4v) is 1.62. The van der Waals surface area contributed by atoms with Gasteiger partial charge < -0.3 is 10.0 Å². The van der Waals surface area contributed by atoms with E-state index in [0.29, 0.717) is 6.42 Å². The van der Waals surface area contributed by atoms with Gasteiger partial charge >= 0.3 is 0 Å². The average molecular weight is 221 g/mol. The van der Waals surface area contributed by atoms with Gasteiger partial charge in [0.25, 0.3) is 0 Å². The van der Waals surface area contributed by atoms with Crippen LogP contribution in [0.3, 0.4) is 0 Å². The first-order chi connectivity index (χ1) is 7.57. The van der Waals surface area contributed by atoms with Crippen LogP contribution < -0.4 is 0 Å². The molecule has 3 nitrogen and oxygen atoms in total. The third kappa shape index (κ3) is 2.83. The van der Waals surface area contributed by atoms with Crippen molar-refractivity contribution >= 4 is 5.91 Å². The summed E-state index contributed by atoms with van der Waals surface area (Å²) in [6.45, 7) is 3.67. The highest BCUT2D eigenvalue weighted by atomic mass is 16.3. The van der Waals surface area contributed by atoms with Crippen molar-refractivity contribution in [2.24, 2.45) is 0 Å². The molecule has 2 atom stereocenters. The van der Waals surface area contributed by atoms with Crippen molar-refractivity contribution in [3.8, 4) is 0 Å². The zero-order chi connectivity index (χ0) is 12.1. The molecule has 1 rings (SSSR count). The lowest BCUT2D eigenvalue weighted by atomic mass is 10.0. The maximum Gasteiger partial charge on any atom is 0.222 e. The van der Waals surface area contributed by atoms with E-state index >= 15 is 0 Å². The lowest BCUT2D eigenvalue weighted by molar-refractivity contribution is -0.133. The third-order valence-electron chi connectivity index (χ3n) is 2.90. The van der Waals surface area contributed by atoms with Crippen LogP contribution in [-0.4, -0.2) is 29.0 Å². The molecule has 0 heterocycles. The first-order valence-corrected chi connectivity index (χ1v) is 5.56. The summed E-state index contributed by atoms with van der Waals surface area (Å²) in [4.78, 5) is 13.1. The molecule has 3 heteroatoms. The number of amides is 1. The van der Waals surface area contributed by atoms with E-state index < -0.39 is 6.10 Å². The SMILES string of the molecule is CCC(=O)N(C)[C@@H](C)[C@@H](O)c1ccccc1.